The zero-order valence-corrected chi connectivity index (χ0v) is 12.4. The van der Waals surface area contributed by atoms with Crippen molar-refractivity contribution in [2.75, 3.05) is 6.54 Å². The predicted octanol–water partition coefficient (Wildman–Crippen LogP) is 1.67. The fraction of sp³-hybridized carbons (Fsp3) is 0.571. The van der Waals surface area contributed by atoms with Gasteiger partial charge in [0.15, 0.2) is 0 Å². The molecule has 2 atom stereocenters. The molecule has 2 N–H and O–H groups in total. The number of thiophene rings is 1. The second kappa shape index (κ2) is 5.93. The first-order chi connectivity index (χ1) is 9.43. The van der Waals surface area contributed by atoms with E-state index in [0.717, 1.165) is 23.3 Å². The molecule has 1 fully saturated rings. The Balaban J connectivity index is 2.22. The van der Waals surface area contributed by atoms with E-state index in [4.69, 9.17) is 5.11 Å². The summed E-state index contributed by atoms with van der Waals surface area (Å²) in [4.78, 5) is 26.5. The number of β-amino-alcohol motifs (C(OH)–C–C–N with tert-alkyl or cyclic N) is 1. The van der Waals surface area contributed by atoms with Crippen molar-refractivity contribution < 1.29 is 19.8 Å². The lowest BCUT2D eigenvalue weighted by Crippen LogP contribution is -2.40. The van der Waals surface area contributed by atoms with Crippen molar-refractivity contribution in [3.05, 3.63) is 21.4 Å². The highest BCUT2D eigenvalue weighted by Crippen LogP contribution is 2.27. The predicted molar refractivity (Wildman–Crippen MR) is 76.1 cm³/mol. The maximum atomic E-state index is 12.4. The number of carboxylic acids is 1. The highest BCUT2D eigenvalue weighted by atomic mass is 32.1. The Morgan fingerprint density at radius 3 is 2.80 bits per heavy atom. The number of amides is 1. The number of carbonyl (C=O) groups is 2. The van der Waals surface area contributed by atoms with E-state index in [2.05, 4.69) is 6.92 Å². The van der Waals surface area contributed by atoms with Crippen LogP contribution in [-0.4, -0.2) is 45.7 Å². The van der Waals surface area contributed by atoms with Gasteiger partial charge in [-0.25, -0.2) is 4.79 Å². The molecular formula is C14H19NO4S. The molecule has 1 aromatic rings. The van der Waals surface area contributed by atoms with Gasteiger partial charge in [-0.2, -0.15) is 0 Å². The second-order valence-electron chi connectivity index (χ2n) is 5.14. The highest BCUT2D eigenvalue weighted by Gasteiger charge is 2.39. The van der Waals surface area contributed by atoms with Crippen LogP contribution in [0.25, 0.3) is 0 Å². The van der Waals surface area contributed by atoms with E-state index in [1.54, 1.807) is 0 Å². The summed E-state index contributed by atoms with van der Waals surface area (Å²) in [7, 11) is 0. The Labute approximate surface area is 121 Å². The van der Waals surface area contributed by atoms with Gasteiger partial charge in [-0.15, -0.1) is 11.3 Å². The Morgan fingerprint density at radius 2 is 2.20 bits per heavy atom. The molecule has 0 aliphatic carbocycles. The second-order valence-corrected chi connectivity index (χ2v) is 6.40. The molecule has 0 radical (unpaired) electrons. The van der Waals surface area contributed by atoms with E-state index in [0.29, 0.717) is 4.88 Å². The summed E-state index contributed by atoms with van der Waals surface area (Å²) >= 11 is 1.40. The van der Waals surface area contributed by atoms with Gasteiger partial charge in [-0.1, -0.05) is 13.3 Å². The van der Waals surface area contributed by atoms with Crippen LogP contribution in [0.2, 0.25) is 0 Å². The van der Waals surface area contributed by atoms with Crippen molar-refractivity contribution in [1.29, 1.82) is 0 Å². The third-order valence-corrected chi connectivity index (χ3v) is 4.66. The van der Waals surface area contributed by atoms with Crippen molar-refractivity contribution in [3.63, 3.8) is 0 Å². The largest absolute Gasteiger partial charge is 0.480 e. The first kappa shape index (κ1) is 15.0. The molecule has 1 aliphatic heterocycles. The van der Waals surface area contributed by atoms with Crippen LogP contribution >= 0.6 is 11.3 Å². The standard InChI is InChI=1S/C14H19NO4S/c1-3-4-9-5-12(20-8(9)2)13(17)15-7-10(16)6-11(15)14(18)19/h5,10-11,16H,3-4,6-7H2,1-2H3,(H,18,19)/t10-,11-/m1/s1. The summed E-state index contributed by atoms with van der Waals surface area (Å²) in [5.74, 6) is -1.35. The van der Waals surface area contributed by atoms with Gasteiger partial charge in [-0.05, 0) is 25.0 Å². The first-order valence-electron chi connectivity index (χ1n) is 6.75. The molecule has 2 rings (SSSR count). The van der Waals surface area contributed by atoms with Crippen LogP contribution in [0, 0.1) is 6.92 Å². The van der Waals surface area contributed by atoms with Crippen LogP contribution in [0.15, 0.2) is 6.07 Å². The van der Waals surface area contributed by atoms with Crippen LogP contribution in [0.5, 0.6) is 0 Å². The Kier molecular flexibility index (Phi) is 4.45. The van der Waals surface area contributed by atoms with Crippen LogP contribution < -0.4 is 0 Å². The van der Waals surface area contributed by atoms with Gasteiger partial charge in [0, 0.05) is 17.8 Å². The average Bonchev–Trinajstić information content (AvgIpc) is 2.93. The van der Waals surface area contributed by atoms with Crippen molar-refractivity contribution >= 4 is 23.2 Å². The number of rotatable bonds is 4. The Bertz CT molecular complexity index is 525. The number of hydrogen-bond acceptors (Lipinski definition) is 4. The van der Waals surface area contributed by atoms with E-state index in [1.807, 2.05) is 13.0 Å². The number of aliphatic carboxylic acids is 1. The van der Waals surface area contributed by atoms with Gasteiger partial charge in [0.2, 0.25) is 0 Å². The fourth-order valence-corrected chi connectivity index (χ4v) is 3.58. The molecule has 110 valence electrons. The number of aryl methyl sites for hydroxylation is 2. The summed E-state index contributed by atoms with van der Waals surface area (Å²) < 4.78 is 0. The molecule has 1 aliphatic rings. The molecule has 6 heteroatoms. The van der Waals surface area contributed by atoms with Gasteiger partial charge in [0.1, 0.15) is 6.04 Å². The number of carbonyl (C=O) groups excluding carboxylic acids is 1. The van der Waals surface area contributed by atoms with Crippen molar-refractivity contribution in [3.8, 4) is 0 Å². The van der Waals surface area contributed by atoms with Crippen LogP contribution in [0.1, 0.15) is 39.9 Å². The topological polar surface area (TPSA) is 77.8 Å². The summed E-state index contributed by atoms with van der Waals surface area (Å²) in [5, 5.41) is 18.7. The fourth-order valence-electron chi connectivity index (χ4n) is 2.56. The van der Waals surface area contributed by atoms with E-state index in [9.17, 15) is 14.7 Å². The minimum Gasteiger partial charge on any atom is -0.480 e. The molecule has 0 aromatic carbocycles. The van der Waals surface area contributed by atoms with Gasteiger partial charge >= 0.3 is 5.97 Å². The summed E-state index contributed by atoms with van der Waals surface area (Å²) in [6.07, 6.45) is 1.27. The summed E-state index contributed by atoms with van der Waals surface area (Å²) in [5.41, 5.74) is 1.15. The van der Waals surface area contributed by atoms with E-state index >= 15 is 0 Å². The van der Waals surface area contributed by atoms with Crippen molar-refractivity contribution in [1.82, 2.24) is 4.90 Å². The molecule has 0 bridgehead atoms. The first-order valence-corrected chi connectivity index (χ1v) is 7.56. The van der Waals surface area contributed by atoms with Crippen molar-refractivity contribution in [2.24, 2.45) is 0 Å². The summed E-state index contributed by atoms with van der Waals surface area (Å²) in [6, 6.07) is 0.935. The van der Waals surface area contributed by atoms with Gasteiger partial charge in [0.25, 0.3) is 5.91 Å². The van der Waals surface area contributed by atoms with E-state index < -0.39 is 18.1 Å². The zero-order valence-electron chi connectivity index (χ0n) is 11.6. The number of hydrogen-bond donors (Lipinski definition) is 2. The maximum Gasteiger partial charge on any atom is 0.326 e. The zero-order chi connectivity index (χ0) is 14.9. The number of nitrogens with zero attached hydrogens (tertiary/aromatic N) is 1. The maximum absolute atomic E-state index is 12.4. The molecule has 0 saturated carbocycles. The molecule has 0 spiro atoms. The molecule has 20 heavy (non-hydrogen) atoms. The number of carboxylic acid groups (broad SMARTS) is 1. The number of aliphatic hydroxyl groups excluding tert-OH is 1. The molecule has 1 amide bonds. The minimum absolute atomic E-state index is 0.0931. The monoisotopic (exact) mass is 297 g/mol. The molecule has 2 heterocycles. The summed E-state index contributed by atoms with van der Waals surface area (Å²) in [6.45, 7) is 4.14. The van der Waals surface area contributed by atoms with Crippen LogP contribution in [-0.2, 0) is 11.2 Å². The molecule has 1 aromatic heterocycles. The SMILES string of the molecule is CCCc1cc(C(=O)N2C[C@H](O)C[C@@H]2C(=O)O)sc1C. The lowest BCUT2D eigenvalue weighted by Gasteiger charge is -2.20. The van der Waals surface area contributed by atoms with Gasteiger partial charge in [0.05, 0.1) is 11.0 Å². The quantitative estimate of drug-likeness (QED) is 0.886. The molecular weight excluding hydrogens is 278 g/mol. The lowest BCUT2D eigenvalue weighted by atomic mass is 10.1. The van der Waals surface area contributed by atoms with Gasteiger partial charge < -0.3 is 15.1 Å². The minimum atomic E-state index is -1.06. The lowest BCUT2D eigenvalue weighted by molar-refractivity contribution is -0.141. The molecule has 1 saturated heterocycles. The van der Waals surface area contributed by atoms with Crippen molar-refractivity contribution in [2.45, 2.75) is 45.3 Å². The highest BCUT2D eigenvalue weighted by molar-refractivity contribution is 7.14. The Morgan fingerprint density at radius 1 is 1.50 bits per heavy atom. The van der Waals surface area contributed by atoms with Crippen LogP contribution in [0.4, 0.5) is 0 Å². The average molecular weight is 297 g/mol. The molecule has 5 nitrogen and oxygen atoms in total. The van der Waals surface area contributed by atoms with Crippen LogP contribution in [0.3, 0.4) is 0 Å². The smallest absolute Gasteiger partial charge is 0.326 e. The number of aliphatic hydroxyl groups is 1. The Hall–Kier alpha value is -1.40. The molecule has 0 unspecified atom stereocenters. The number of likely N-dealkylation sites (tertiary alicyclic amines) is 1. The third kappa shape index (κ3) is 2.86. The van der Waals surface area contributed by atoms with Gasteiger partial charge in [-0.3, -0.25) is 4.79 Å². The third-order valence-electron chi connectivity index (χ3n) is 3.58. The van der Waals surface area contributed by atoms with E-state index in [1.165, 1.54) is 16.2 Å². The normalized spacial score (nSPS) is 22.2. The van der Waals surface area contributed by atoms with E-state index in [-0.39, 0.29) is 18.9 Å².